The number of carbonyl (C=O) groups is 1. The summed E-state index contributed by atoms with van der Waals surface area (Å²) in [7, 11) is 0. The van der Waals surface area contributed by atoms with E-state index in [1.807, 2.05) is 6.07 Å². The smallest absolute Gasteiger partial charge is 0.227 e. The number of benzene rings is 1. The predicted octanol–water partition coefficient (Wildman–Crippen LogP) is 2.54. The van der Waals surface area contributed by atoms with Crippen LogP contribution in [0.1, 0.15) is 41.9 Å². The lowest BCUT2D eigenvalue weighted by Crippen LogP contribution is -2.46. The molecule has 1 aliphatic heterocycles. The van der Waals surface area contributed by atoms with Crippen molar-refractivity contribution >= 4 is 17.5 Å². The highest BCUT2D eigenvalue weighted by Crippen LogP contribution is 2.36. The molecule has 0 bridgehead atoms. The Labute approximate surface area is 160 Å². The number of aromatic nitrogens is 2. The molecule has 2 heterocycles. The molecule has 2 aliphatic rings. The van der Waals surface area contributed by atoms with Gasteiger partial charge in [-0.1, -0.05) is 44.2 Å². The Bertz CT molecular complexity index is 841. The van der Waals surface area contributed by atoms with E-state index in [9.17, 15) is 4.79 Å². The maximum atomic E-state index is 12.4. The van der Waals surface area contributed by atoms with Crippen molar-refractivity contribution in [1.29, 1.82) is 0 Å². The first-order chi connectivity index (χ1) is 12.9. The van der Waals surface area contributed by atoms with Gasteiger partial charge >= 0.3 is 0 Å². The second kappa shape index (κ2) is 6.93. The van der Waals surface area contributed by atoms with Crippen LogP contribution in [0.5, 0.6) is 0 Å². The molecule has 1 aromatic carbocycles. The summed E-state index contributed by atoms with van der Waals surface area (Å²) in [6.07, 6.45) is 1.27. The molecule has 0 atom stereocenters. The SMILES string of the molecule is CC1(C)CC(=O)c2c(N)nc(N3CCN(Cc4ccccc4)CC3)nc2C1. The third kappa shape index (κ3) is 3.81. The van der Waals surface area contributed by atoms with Gasteiger partial charge in [0, 0.05) is 39.1 Å². The Balaban J connectivity index is 1.47. The standard InChI is InChI=1S/C21H27N5O/c1-21(2)12-16-18(17(27)13-21)19(22)24-20(23-16)26-10-8-25(9-11-26)14-15-6-4-3-5-7-15/h3-7H,8-14H2,1-2H3,(H2,22,23,24). The van der Waals surface area contributed by atoms with E-state index >= 15 is 0 Å². The number of hydrogen-bond donors (Lipinski definition) is 1. The minimum Gasteiger partial charge on any atom is -0.383 e. The van der Waals surface area contributed by atoms with Crippen molar-refractivity contribution in [3.05, 3.63) is 47.2 Å². The van der Waals surface area contributed by atoms with E-state index in [0.29, 0.717) is 23.8 Å². The summed E-state index contributed by atoms with van der Waals surface area (Å²) in [5.74, 6) is 1.07. The average molecular weight is 365 g/mol. The van der Waals surface area contributed by atoms with E-state index in [0.717, 1.165) is 44.8 Å². The highest BCUT2D eigenvalue weighted by atomic mass is 16.1. The topological polar surface area (TPSA) is 75.4 Å². The average Bonchev–Trinajstić information content (AvgIpc) is 2.61. The molecular formula is C21H27N5O. The van der Waals surface area contributed by atoms with Gasteiger partial charge in [-0.2, -0.15) is 4.98 Å². The number of Topliss-reactive ketones (excluding diaryl/α,β-unsaturated/α-hetero) is 1. The lowest BCUT2D eigenvalue weighted by Gasteiger charge is -2.36. The van der Waals surface area contributed by atoms with Crippen LogP contribution in [0.3, 0.4) is 0 Å². The van der Waals surface area contributed by atoms with Gasteiger partial charge in [-0.3, -0.25) is 9.69 Å². The number of hydrogen-bond acceptors (Lipinski definition) is 6. The first kappa shape index (κ1) is 17.9. The molecule has 0 unspecified atom stereocenters. The third-order valence-electron chi connectivity index (χ3n) is 5.47. The van der Waals surface area contributed by atoms with Crippen molar-refractivity contribution in [2.45, 2.75) is 33.2 Å². The molecule has 6 nitrogen and oxygen atoms in total. The summed E-state index contributed by atoms with van der Waals surface area (Å²) < 4.78 is 0. The second-order valence-electron chi connectivity index (χ2n) is 8.42. The van der Waals surface area contributed by atoms with Gasteiger partial charge in [0.15, 0.2) is 5.78 Å². The summed E-state index contributed by atoms with van der Waals surface area (Å²) in [5.41, 5.74) is 8.76. The highest BCUT2D eigenvalue weighted by molar-refractivity contribution is 6.02. The number of nitrogen functional groups attached to an aromatic ring is 1. The summed E-state index contributed by atoms with van der Waals surface area (Å²) in [5, 5.41) is 0. The monoisotopic (exact) mass is 365 g/mol. The lowest BCUT2D eigenvalue weighted by atomic mass is 9.76. The van der Waals surface area contributed by atoms with Crippen LogP contribution < -0.4 is 10.6 Å². The van der Waals surface area contributed by atoms with Crippen LogP contribution in [0.15, 0.2) is 30.3 Å². The molecule has 2 aromatic rings. The molecule has 4 rings (SSSR count). The summed E-state index contributed by atoms with van der Waals surface area (Å²) in [4.78, 5) is 26.3. The number of piperazine rings is 1. The number of fused-ring (bicyclic) bond motifs is 1. The quantitative estimate of drug-likeness (QED) is 0.901. The van der Waals surface area contributed by atoms with Crippen LogP contribution in [0.4, 0.5) is 11.8 Å². The maximum Gasteiger partial charge on any atom is 0.227 e. The van der Waals surface area contributed by atoms with Gasteiger partial charge in [-0.05, 0) is 17.4 Å². The summed E-state index contributed by atoms with van der Waals surface area (Å²) in [6.45, 7) is 8.82. The molecule has 1 aromatic heterocycles. The Morgan fingerprint density at radius 2 is 1.74 bits per heavy atom. The van der Waals surface area contributed by atoms with Crippen LogP contribution >= 0.6 is 0 Å². The van der Waals surface area contributed by atoms with Crippen LogP contribution in [0, 0.1) is 5.41 Å². The minimum absolute atomic E-state index is 0.0676. The van der Waals surface area contributed by atoms with E-state index in [-0.39, 0.29) is 11.2 Å². The lowest BCUT2D eigenvalue weighted by molar-refractivity contribution is 0.0911. The molecule has 27 heavy (non-hydrogen) atoms. The number of rotatable bonds is 3. The van der Waals surface area contributed by atoms with Crippen molar-refractivity contribution in [3.8, 4) is 0 Å². The molecule has 0 saturated carbocycles. The molecule has 2 N–H and O–H groups in total. The van der Waals surface area contributed by atoms with Gasteiger partial charge in [-0.15, -0.1) is 0 Å². The van der Waals surface area contributed by atoms with Gasteiger partial charge in [0.2, 0.25) is 5.95 Å². The second-order valence-corrected chi connectivity index (χ2v) is 8.42. The zero-order valence-corrected chi connectivity index (χ0v) is 16.1. The fraction of sp³-hybridized carbons (Fsp3) is 0.476. The van der Waals surface area contributed by atoms with Crippen molar-refractivity contribution in [2.24, 2.45) is 5.41 Å². The third-order valence-corrected chi connectivity index (χ3v) is 5.47. The number of ketones is 1. The van der Waals surface area contributed by atoms with Crippen LogP contribution in [0.25, 0.3) is 0 Å². The number of nitrogens with zero attached hydrogens (tertiary/aromatic N) is 4. The molecule has 142 valence electrons. The molecule has 0 spiro atoms. The molecule has 6 heteroatoms. The van der Waals surface area contributed by atoms with Gasteiger partial charge < -0.3 is 10.6 Å². The van der Waals surface area contributed by atoms with Crippen LogP contribution in [-0.2, 0) is 13.0 Å². The fourth-order valence-corrected chi connectivity index (χ4v) is 4.07. The minimum atomic E-state index is -0.0729. The number of nitrogens with two attached hydrogens (primary N) is 1. The van der Waals surface area contributed by atoms with E-state index in [1.165, 1.54) is 5.56 Å². The molecule has 1 saturated heterocycles. The largest absolute Gasteiger partial charge is 0.383 e. The first-order valence-corrected chi connectivity index (χ1v) is 9.62. The first-order valence-electron chi connectivity index (χ1n) is 9.62. The van der Waals surface area contributed by atoms with Crippen molar-refractivity contribution < 1.29 is 4.79 Å². The Morgan fingerprint density at radius 1 is 1.04 bits per heavy atom. The highest BCUT2D eigenvalue weighted by Gasteiger charge is 2.35. The van der Waals surface area contributed by atoms with Crippen molar-refractivity contribution in [2.75, 3.05) is 36.8 Å². The number of carbonyl (C=O) groups excluding carboxylic acids is 1. The number of anilines is 2. The van der Waals surface area contributed by atoms with Crippen LogP contribution in [-0.4, -0.2) is 46.8 Å². The van der Waals surface area contributed by atoms with E-state index < -0.39 is 0 Å². The van der Waals surface area contributed by atoms with E-state index in [1.54, 1.807) is 0 Å². The Morgan fingerprint density at radius 3 is 2.44 bits per heavy atom. The molecular weight excluding hydrogens is 338 g/mol. The van der Waals surface area contributed by atoms with Gasteiger partial charge in [0.1, 0.15) is 5.82 Å². The molecule has 1 aliphatic carbocycles. The normalized spacial score (nSPS) is 19.8. The Hall–Kier alpha value is -2.47. The fourth-order valence-electron chi connectivity index (χ4n) is 4.07. The molecule has 0 radical (unpaired) electrons. The van der Waals surface area contributed by atoms with Crippen molar-refractivity contribution in [3.63, 3.8) is 0 Å². The summed E-state index contributed by atoms with van der Waals surface area (Å²) in [6, 6.07) is 10.5. The maximum absolute atomic E-state index is 12.4. The van der Waals surface area contributed by atoms with Gasteiger partial charge in [0.05, 0.1) is 11.3 Å². The molecule has 1 fully saturated rings. The zero-order chi connectivity index (χ0) is 19.0. The Kier molecular flexibility index (Phi) is 4.60. The van der Waals surface area contributed by atoms with Crippen molar-refractivity contribution in [1.82, 2.24) is 14.9 Å². The summed E-state index contributed by atoms with van der Waals surface area (Å²) >= 11 is 0. The predicted molar refractivity (Wildman–Crippen MR) is 107 cm³/mol. The van der Waals surface area contributed by atoms with E-state index in [4.69, 9.17) is 10.7 Å². The molecule has 0 amide bonds. The zero-order valence-electron chi connectivity index (χ0n) is 16.1. The van der Waals surface area contributed by atoms with E-state index in [2.05, 4.69) is 52.9 Å². The van der Waals surface area contributed by atoms with Crippen LogP contribution in [0.2, 0.25) is 0 Å². The van der Waals surface area contributed by atoms with Gasteiger partial charge in [0.25, 0.3) is 0 Å². The van der Waals surface area contributed by atoms with Gasteiger partial charge in [-0.25, -0.2) is 4.98 Å².